The Morgan fingerprint density at radius 2 is 2.00 bits per heavy atom. The molecule has 1 N–H and O–H groups in total. The van der Waals surface area contributed by atoms with Gasteiger partial charge < -0.3 is 9.84 Å². The van der Waals surface area contributed by atoms with Gasteiger partial charge in [0.25, 0.3) is 0 Å². The number of benzene rings is 2. The van der Waals surface area contributed by atoms with Gasteiger partial charge in [0.1, 0.15) is 0 Å². The minimum Gasteiger partial charge on any atom is -0.349 e. The van der Waals surface area contributed by atoms with Crippen LogP contribution in [0.25, 0.3) is 11.4 Å². The Morgan fingerprint density at radius 1 is 1.21 bits per heavy atom. The van der Waals surface area contributed by atoms with Crippen LogP contribution in [0.15, 0.2) is 47.0 Å². The first kappa shape index (κ1) is 23.5. The first-order valence-corrected chi connectivity index (χ1v) is 12.0. The van der Waals surface area contributed by atoms with Gasteiger partial charge in [0.05, 0.1) is 18.5 Å². The third-order valence-electron chi connectivity index (χ3n) is 6.46. The van der Waals surface area contributed by atoms with Crippen LogP contribution in [0.1, 0.15) is 54.8 Å². The molecule has 2 unspecified atom stereocenters. The molecule has 1 aliphatic rings. The van der Waals surface area contributed by atoms with Crippen molar-refractivity contribution < 1.29 is 9.32 Å². The molecule has 2 atom stereocenters. The quantitative estimate of drug-likeness (QED) is 0.498. The summed E-state index contributed by atoms with van der Waals surface area (Å²) < 4.78 is 5.47. The Kier molecular flexibility index (Phi) is 7.46. The van der Waals surface area contributed by atoms with Crippen LogP contribution in [0.5, 0.6) is 0 Å². The summed E-state index contributed by atoms with van der Waals surface area (Å²) in [6.45, 7) is 8.48. The molecule has 1 aromatic heterocycles. The van der Waals surface area contributed by atoms with Crippen LogP contribution in [0.2, 0.25) is 5.02 Å². The largest absolute Gasteiger partial charge is 0.349 e. The highest BCUT2D eigenvalue weighted by atomic mass is 35.5. The molecule has 174 valence electrons. The van der Waals surface area contributed by atoms with Gasteiger partial charge in [-0.15, -0.1) is 0 Å². The van der Waals surface area contributed by atoms with Crippen molar-refractivity contribution in [2.75, 3.05) is 13.1 Å². The summed E-state index contributed by atoms with van der Waals surface area (Å²) in [7, 11) is 0. The number of carbonyl (C=O) groups excluding carboxylic acids is 1. The van der Waals surface area contributed by atoms with E-state index in [1.165, 1.54) is 16.7 Å². The molecule has 1 saturated heterocycles. The summed E-state index contributed by atoms with van der Waals surface area (Å²) in [4.78, 5) is 19.9. The van der Waals surface area contributed by atoms with Crippen LogP contribution in [0.4, 0.5) is 0 Å². The molecule has 1 amide bonds. The number of rotatable bonds is 7. The number of hydrogen-bond donors (Lipinski definition) is 1. The lowest BCUT2D eigenvalue weighted by molar-refractivity contribution is -0.127. The summed E-state index contributed by atoms with van der Waals surface area (Å²) in [5.41, 5.74) is 4.55. The molecule has 7 heteroatoms. The van der Waals surface area contributed by atoms with Crippen molar-refractivity contribution in [2.45, 2.75) is 52.6 Å². The number of aromatic nitrogens is 2. The minimum atomic E-state index is -0.0435. The number of amides is 1. The topological polar surface area (TPSA) is 71.3 Å². The second-order valence-corrected chi connectivity index (χ2v) is 9.34. The minimum absolute atomic E-state index is 0.0325. The summed E-state index contributed by atoms with van der Waals surface area (Å²) in [6, 6.07) is 13.8. The third kappa shape index (κ3) is 5.81. The average Bonchev–Trinajstić information content (AvgIpc) is 3.28. The molecule has 3 aromatic rings. The van der Waals surface area contributed by atoms with Crippen molar-refractivity contribution in [1.29, 1.82) is 0 Å². The number of likely N-dealkylation sites (tertiary alicyclic amines) is 1. The molecule has 0 radical (unpaired) electrons. The van der Waals surface area contributed by atoms with Gasteiger partial charge in [0.2, 0.25) is 17.6 Å². The average molecular weight is 467 g/mol. The van der Waals surface area contributed by atoms with E-state index in [-0.39, 0.29) is 17.9 Å². The van der Waals surface area contributed by atoms with Gasteiger partial charge in [-0.2, -0.15) is 4.98 Å². The van der Waals surface area contributed by atoms with Gasteiger partial charge in [-0.05, 0) is 80.6 Å². The maximum atomic E-state index is 13.1. The third-order valence-corrected chi connectivity index (χ3v) is 6.72. The molecule has 1 aliphatic heterocycles. The number of nitrogens with zero attached hydrogens (tertiary/aromatic N) is 3. The van der Waals surface area contributed by atoms with E-state index in [0.717, 1.165) is 31.4 Å². The number of piperidine rings is 1. The zero-order valence-electron chi connectivity index (χ0n) is 19.5. The number of carbonyl (C=O) groups is 1. The number of hydrogen-bond acceptors (Lipinski definition) is 5. The van der Waals surface area contributed by atoms with Gasteiger partial charge in [0, 0.05) is 17.1 Å². The molecule has 1 fully saturated rings. The Hall–Kier alpha value is -2.70. The summed E-state index contributed by atoms with van der Waals surface area (Å²) >= 11 is 5.96. The summed E-state index contributed by atoms with van der Waals surface area (Å²) in [6.07, 6.45) is 2.72. The van der Waals surface area contributed by atoms with Crippen molar-refractivity contribution in [3.05, 3.63) is 70.1 Å². The van der Waals surface area contributed by atoms with E-state index >= 15 is 0 Å². The van der Waals surface area contributed by atoms with Crippen LogP contribution >= 0.6 is 11.6 Å². The molecule has 2 aromatic carbocycles. The van der Waals surface area contributed by atoms with E-state index in [1.807, 2.05) is 24.3 Å². The van der Waals surface area contributed by atoms with Gasteiger partial charge in [-0.3, -0.25) is 9.69 Å². The molecule has 4 rings (SSSR count). The van der Waals surface area contributed by atoms with Gasteiger partial charge in [0.15, 0.2) is 0 Å². The smallest absolute Gasteiger partial charge is 0.241 e. The molecule has 0 bridgehead atoms. The van der Waals surface area contributed by atoms with Crippen molar-refractivity contribution >= 4 is 17.5 Å². The van der Waals surface area contributed by atoms with E-state index in [0.29, 0.717) is 29.8 Å². The van der Waals surface area contributed by atoms with Gasteiger partial charge in [-0.25, -0.2) is 0 Å². The number of halogens is 1. The molecule has 6 nitrogen and oxygen atoms in total. The summed E-state index contributed by atoms with van der Waals surface area (Å²) in [5, 5.41) is 8.05. The van der Waals surface area contributed by atoms with Gasteiger partial charge >= 0.3 is 0 Å². The first-order valence-electron chi connectivity index (χ1n) is 11.6. The molecule has 2 heterocycles. The zero-order valence-corrected chi connectivity index (χ0v) is 20.2. The lowest BCUT2D eigenvalue weighted by atomic mass is 9.95. The number of nitrogens with one attached hydrogen (secondary N) is 1. The normalized spacial score (nSPS) is 17.6. The molecular formula is C26H31ClN4O2. The lowest BCUT2D eigenvalue weighted by Gasteiger charge is -2.32. The predicted octanol–water partition coefficient (Wildman–Crippen LogP) is 5.49. The highest BCUT2D eigenvalue weighted by Crippen LogP contribution is 2.24. The van der Waals surface area contributed by atoms with Crippen LogP contribution in [0, 0.1) is 19.8 Å². The maximum absolute atomic E-state index is 13.1. The fourth-order valence-corrected chi connectivity index (χ4v) is 4.46. The molecule has 0 spiro atoms. The zero-order chi connectivity index (χ0) is 23.4. The van der Waals surface area contributed by atoms with E-state index in [1.54, 1.807) is 0 Å². The summed E-state index contributed by atoms with van der Waals surface area (Å²) in [5.74, 6) is 1.19. The molecule has 0 aliphatic carbocycles. The number of aryl methyl sites for hydroxylation is 2. The van der Waals surface area contributed by atoms with E-state index in [9.17, 15) is 4.79 Å². The van der Waals surface area contributed by atoms with Crippen LogP contribution < -0.4 is 5.32 Å². The Bertz CT molecular complexity index is 1100. The standard InChI is InChI=1S/C26H31ClN4O2/c1-4-23(20-8-7-17(2)18(3)14-20)28-26(32)21-6-5-13-31(15-21)16-24-29-25(30-33-24)19-9-11-22(27)12-10-19/h7-12,14,21,23H,4-6,13,15-16H2,1-3H3,(H,28,32). The van der Waals surface area contributed by atoms with Crippen LogP contribution in [-0.2, 0) is 11.3 Å². The van der Waals surface area contributed by atoms with Crippen LogP contribution in [-0.4, -0.2) is 34.0 Å². The molecule has 0 saturated carbocycles. The highest BCUT2D eigenvalue weighted by molar-refractivity contribution is 6.30. The highest BCUT2D eigenvalue weighted by Gasteiger charge is 2.28. The second-order valence-electron chi connectivity index (χ2n) is 8.91. The van der Waals surface area contributed by atoms with Crippen molar-refractivity contribution in [3.8, 4) is 11.4 Å². The Balaban J connectivity index is 1.36. The lowest BCUT2D eigenvalue weighted by Crippen LogP contribution is -2.43. The van der Waals surface area contributed by atoms with Crippen molar-refractivity contribution in [3.63, 3.8) is 0 Å². The monoisotopic (exact) mass is 466 g/mol. The van der Waals surface area contributed by atoms with E-state index in [4.69, 9.17) is 16.1 Å². The van der Waals surface area contributed by atoms with E-state index < -0.39 is 0 Å². The SMILES string of the molecule is CCC(NC(=O)C1CCCN(Cc2nc(-c3ccc(Cl)cc3)no2)C1)c1ccc(C)c(C)c1. The van der Waals surface area contributed by atoms with Gasteiger partial charge in [-0.1, -0.05) is 41.9 Å². The second kappa shape index (κ2) is 10.5. The van der Waals surface area contributed by atoms with E-state index in [2.05, 4.69) is 59.3 Å². The fraction of sp³-hybridized carbons (Fsp3) is 0.423. The molecule has 33 heavy (non-hydrogen) atoms. The molecular weight excluding hydrogens is 436 g/mol. The first-order chi connectivity index (χ1) is 15.9. The van der Waals surface area contributed by atoms with Crippen LogP contribution in [0.3, 0.4) is 0 Å². The van der Waals surface area contributed by atoms with Crippen molar-refractivity contribution in [2.24, 2.45) is 5.92 Å². The van der Waals surface area contributed by atoms with Crippen molar-refractivity contribution in [1.82, 2.24) is 20.4 Å². The Labute approximate surface area is 200 Å². The fourth-order valence-electron chi connectivity index (χ4n) is 4.33. The Morgan fingerprint density at radius 3 is 2.73 bits per heavy atom. The predicted molar refractivity (Wildman–Crippen MR) is 130 cm³/mol. The maximum Gasteiger partial charge on any atom is 0.241 e.